The van der Waals surface area contributed by atoms with Gasteiger partial charge in [-0.05, 0) is 37.3 Å². The van der Waals surface area contributed by atoms with Gasteiger partial charge in [0.25, 0.3) is 5.91 Å². The van der Waals surface area contributed by atoms with Gasteiger partial charge in [0.2, 0.25) is 5.88 Å². The van der Waals surface area contributed by atoms with Gasteiger partial charge in [0.05, 0.1) is 19.0 Å². The lowest BCUT2D eigenvalue weighted by Gasteiger charge is -2.15. The van der Waals surface area contributed by atoms with Crippen LogP contribution < -0.4 is 14.8 Å². The molecule has 7 nitrogen and oxygen atoms in total. The number of hydrogen-bond acceptors (Lipinski definition) is 5. The van der Waals surface area contributed by atoms with Crippen molar-refractivity contribution >= 4 is 17.2 Å². The molecule has 2 heterocycles. The molecule has 1 N–H and O–H groups in total. The summed E-state index contributed by atoms with van der Waals surface area (Å²) < 4.78 is 25.9. The molecular weight excluding hydrogens is 387 g/mol. The summed E-state index contributed by atoms with van der Waals surface area (Å²) >= 11 is 0. The lowest BCUT2D eigenvalue weighted by atomic mass is 10.1. The quantitative estimate of drug-likeness (QED) is 0.525. The summed E-state index contributed by atoms with van der Waals surface area (Å²) in [5.41, 5.74) is 2.90. The predicted molar refractivity (Wildman–Crippen MR) is 110 cm³/mol. The Morgan fingerprint density at radius 2 is 1.87 bits per heavy atom. The average Bonchev–Trinajstić information content (AvgIpc) is 3.19. The van der Waals surface area contributed by atoms with Crippen LogP contribution in [0.5, 0.6) is 11.6 Å². The van der Waals surface area contributed by atoms with Crippen molar-refractivity contribution in [3.05, 3.63) is 72.7 Å². The van der Waals surface area contributed by atoms with Gasteiger partial charge < -0.3 is 14.8 Å². The van der Waals surface area contributed by atoms with Crippen LogP contribution in [0.1, 0.15) is 6.92 Å². The van der Waals surface area contributed by atoms with Crippen LogP contribution in [-0.4, -0.2) is 33.7 Å². The topological polar surface area (TPSA) is 77.8 Å². The van der Waals surface area contributed by atoms with Crippen molar-refractivity contribution in [3.63, 3.8) is 0 Å². The summed E-state index contributed by atoms with van der Waals surface area (Å²) in [6, 6.07) is 16.7. The molecule has 2 aromatic heterocycles. The number of amides is 1. The molecule has 30 heavy (non-hydrogen) atoms. The molecule has 2 aromatic carbocycles. The number of nitrogens with one attached hydrogen (secondary N) is 1. The maximum absolute atomic E-state index is 13.7. The van der Waals surface area contributed by atoms with Gasteiger partial charge >= 0.3 is 0 Å². The standard InChI is InChI=1S/C22H19FN4O3/c1-14(30-19-6-4-3-5-17(19)23)22(28)24-16-9-7-15(8-10-16)18-13-27-20(25-18)11-12-21(26-27)29-2/h3-14H,1-2H3,(H,24,28). The Labute approximate surface area is 172 Å². The Morgan fingerprint density at radius 3 is 2.60 bits per heavy atom. The molecule has 1 unspecified atom stereocenters. The molecule has 4 rings (SSSR count). The van der Waals surface area contributed by atoms with Gasteiger partial charge in [0.15, 0.2) is 23.3 Å². The third kappa shape index (κ3) is 4.07. The molecule has 1 amide bonds. The minimum Gasteiger partial charge on any atom is -0.480 e. The minimum absolute atomic E-state index is 0.0348. The lowest BCUT2D eigenvalue weighted by molar-refractivity contribution is -0.122. The van der Waals surface area contributed by atoms with Crippen molar-refractivity contribution < 1.29 is 18.7 Å². The van der Waals surface area contributed by atoms with Gasteiger partial charge in [-0.25, -0.2) is 13.9 Å². The Morgan fingerprint density at radius 1 is 1.10 bits per heavy atom. The zero-order chi connectivity index (χ0) is 21.1. The molecule has 8 heteroatoms. The highest BCUT2D eigenvalue weighted by Gasteiger charge is 2.17. The van der Waals surface area contributed by atoms with Crippen molar-refractivity contribution in [1.29, 1.82) is 0 Å². The Balaban J connectivity index is 1.44. The number of benzene rings is 2. The first kappa shape index (κ1) is 19.4. The number of imidazole rings is 1. The fourth-order valence-corrected chi connectivity index (χ4v) is 2.86. The van der Waals surface area contributed by atoms with E-state index in [0.29, 0.717) is 17.2 Å². The Kier molecular flexibility index (Phi) is 5.30. The number of methoxy groups -OCH3 is 1. The molecule has 0 spiro atoms. The number of ether oxygens (including phenoxy) is 2. The number of nitrogens with zero attached hydrogens (tertiary/aromatic N) is 3. The van der Waals surface area contributed by atoms with Gasteiger partial charge in [-0.3, -0.25) is 4.79 Å². The number of anilines is 1. The highest BCUT2D eigenvalue weighted by Crippen LogP contribution is 2.22. The highest BCUT2D eigenvalue weighted by molar-refractivity contribution is 5.94. The summed E-state index contributed by atoms with van der Waals surface area (Å²) in [7, 11) is 1.56. The number of rotatable bonds is 6. The largest absolute Gasteiger partial charge is 0.480 e. The van der Waals surface area contributed by atoms with E-state index < -0.39 is 11.9 Å². The van der Waals surface area contributed by atoms with Gasteiger partial charge in [-0.1, -0.05) is 24.3 Å². The first-order chi connectivity index (χ1) is 14.5. The fourth-order valence-electron chi connectivity index (χ4n) is 2.86. The molecule has 152 valence electrons. The second-order valence-electron chi connectivity index (χ2n) is 6.56. The van der Waals surface area contributed by atoms with E-state index in [9.17, 15) is 9.18 Å². The SMILES string of the molecule is COc1ccc2nc(-c3ccc(NC(=O)C(C)Oc4ccccc4F)cc3)cn2n1. The van der Waals surface area contributed by atoms with Crippen molar-refractivity contribution in [1.82, 2.24) is 14.6 Å². The lowest BCUT2D eigenvalue weighted by Crippen LogP contribution is -2.30. The maximum Gasteiger partial charge on any atom is 0.265 e. The van der Waals surface area contributed by atoms with Crippen molar-refractivity contribution in [3.8, 4) is 22.9 Å². The normalized spacial score (nSPS) is 11.8. The molecule has 0 aliphatic carbocycles. The summed E-state index contributed by atoms with van der Waals surface area (Å²) in [6.45, 7) is 1.56. The van der Waals surface area contributed by atoms with Gasteiger partial charge in [-0.15, -0.1) is 5.10 Å². The van der Waals surface area contributed by atoms with Crippen LogP contribution in [0.25, 0.3) is 16.9 Å². The van der Waals surface area contributed by atoms with Gasteiger partial charge in [-0.2, -0.15) is 0 Å². The third-order valence-corrected chi connectivity index (χ3v) is 4.46. The molecule has 0 fully saturated rings. The van der Waals surface area contributed by atoms with Crippen LogP contribution >= 0.6 is 0 Å². The van der Waals surface area contributed by atoms with E-state index in [-0.39, 0.29) is 11.7 Å². The van der Waals surface area contributed by atoms with Crippen LogP contribution in [0.4, 0.5) is 10.1 Å². The first-order valence-electron chi connectivity index (χ1n) is 9.26. The molecule has 0 saturated carbocycles. The van der Waals surface area contributed by atoms with Gasteiger partial charge in [0, 0.05) is 17.3 Å². The highest BCUT2D eigenvalue weighted by atomic mass is 19.1. The van der Waals surface area contributed by atoms with E-state index in [0.717, 1.165) is 11.3 Å². The van der Waals surface area contributed by atoms with E-state index in [1.165, 1.54) is 12.1 Å². The second kappa shape index (κ2) is 8.20. The number of carbonyl (C=O) groups is 1. The molecule has 0 aliphatic rings. The van der Waals surface area contributed by atoms with Crippen LogP contribution in [-0.2, 0) is 4.79 Å². The molecule has 0 radical (unpaired) electrons. The monoisotopic (exact) mass is 406 g/mol. The van der Waals surface area contributed by atoms with E-state index in [2.05, 4.69) is 15.4 Å². The zero-order valence-corrected chi connectivity index (χ0v) is 16.4. The summed E-state index contributed by atoms with van der Waals surface area (Å²) in [4.78, 5) is 16.9. The number of aromatic nitrogens is 3. The molecule has 4 aromatic rings. The van der Waals surface area contributed by atoms with Crippen LogP contribution in [0.2, 0.25) is 0 Å². The number of fused-ring (bicyclic) bond motifs is 1. The molecule has 0 aliphatic heterocycles. The van der Waals surface area contributed by atoms with Crippen LogP contribution in [0.3, 0.4) is 0 Å². The number of halogens is 1. The maximum atomic E-state index is 13.7. The zero-order valence-electron chi connectivity index (χ0n) is 16.4. The van der Waals surface area contributed by atoms with Crippen molar-refractivity contribution in [2.45, 2.75) is 13.0 Å². The molecule has 0 bridgehead atoms. The third-order valence-electron chi connectivity index (χ3n) is 4.46. The van der Waals surface area contributed by atoms with Crippen molar-refractivity contribution in [2.24, 2.45) is 0 Å². The summed E-state index contributed by atoms with van der Waals surface area (Å²) in [6.07, 6.45) is 0.941. The summed E-state index contributed by atoms with van der Waals surface area (Å²) in [5.74, 6) is -0.361. The molecular formula is C22H19FN4O3. The smallest absolute Gasteiger partial charge is 0.265 e. The predicted octanol–water partition coefficient (Wildman–Crippen LogP) is 3.95. The Bertz CT molecular complexity index is 1190. The fraction of sp³-hybridized carbons (Fsp3) is 0.136. The van der Waals surface area contributed by atoms with Crippen molar-refractivity contribution in [2.75, 3.05) is 12.4 Å². The van der Waals surface area contributed by atoms with E-state index in [1.54, 1.807) is 55.1 Å². The minimum atomic E-state index is -0.860. The summed E-state index contributed by atoms with van der Waals surface area (Å²) in [5, 5.41) is 7.05. The van der Waals surface area contributed by atoms with E-state index in [4.69, 9.17) is 9.47 Å². The first-order valence-corrected chi connectivity index (χ1v) is 9.26. The van der Waals surface area contributed by atoms with Gasteiger partial charge in [0.1, 0.15) is 0 Å². The van der Waals surface area contributed by atoms with Crippen LogP contribution in [0.15, 0.2) is 66.9 Å². The number of para-hydroxylation sites is 1. The van der Waals surface area contributed by atoms with E-state index >= 15 is 0 Å². The Hall–Kier alpha value is -3.94. The number of carbonyl (C=O) groups excluding carboxylic acids is 1. The second-order valence-corrected chi connectivity index (χ2v) is 6.56. The van der Waals surface area contributed by atoms with Crippen LogP contribution in [0, 0.1) is 5.82 Å². The average molecular weight is 406 g/mol. The van der Waals surface area contributed by atoms with E-state index in [1.807, 2.05) is 18.2 Å². The molecule has 0 saturated heterocycles. The number of hydrogen-bond donors (Lipinski definition) is 1. The molecule has 1 atom stereocenters.